The van der Waals surface area contributed by atoms with E-state index < -0.39 is 17.6 Å². The number of carbonyl (C=O) groups is 1. The molecule has 1 amide bonds. The molecular weight excluding hydrogens is 430 g/mol. The van der Waals surface area contributed by atoms with E-state index in [1.165, 1.54) is 30.3 Å². The van der Waals surface area contributed by atoms with Gasteiger partial charge in [0, 0.05) is 42.6 Å². The molecule has 1 heterocycles. The molecule has 0 unspecified atom stereocenters. The number of piperazine rings is 1. The van der Waals surface area contributed by atoms with Gasteiger partial charge in [-0.1, -0.05) is 11.6 Å². The lowest BCUT2D eigenvalue weighted by Gasteiger charge is -2.35. The van der Waals surface area contributed by atoms with E-state index in [0.717, 1.165) is 6.07 Å². The maximum Gasteiger partial charge on any atom is 0.418 e. The number of phenolic OH excluding ortho intramolecular Hbond substituents is 1. The molecule has 2 aromatic carbocycles. The van der Waals surface area contributed by atoms with Gasteiger partial charge in [-0.05, 0) is 43.4 Å². The molecule has 10 heteroatoms. The smallest absolute Gasteiger partial charge is 0.418 e. The van der Waals surface area contributed by atoms with Crippen LogP contribution in [0.3, 0.4) is 0 Å². The first-order valence-corrected chi connectivity index (χ1v) is 8.97. The van der Waals surface area contributed by atoms with Gasteiger partial charge in [0.2, 0.25) is 0 Å². The van der Waals surface area contributed by atoms with E-state index >= 15 is 0 Å². The number of likely N-dealkylation sites (N-methyl/N-ethyl adjacent to an activating group) is 1. The molecule has 2 aromatic rings. The number of aromatic hydroxyl groups is 1. The maximum absolute atomic E-state index is 13.6. The summed E-state index contributed by atoms with van der Waals surface area (Å²) in [5.74, 6) is -1.06. The van der Waals surface area contributed by atoms with Gasteiger partial charge >= 0.3 is 6.18 Å². The fraction of sp³-hybridized carbons (Fsp3) is 0.316. The predicted molar refractivity (Wildman–Crippen MR) is 109 cm³/mol. The molecule has 0 bridgehead atoms. The van der Waals surface area contributed by atoms with Gasteiger partial charge in [-0.2, -0.15) is 13.2 Å². The fourth-order valence-electron chi connectivity index (χ4n) is 3.05. The number of anilines is 2. The molecule has 3 rings (SSSR count). The molecule has 5 nitrogen and oxygen atoms in total. The highest BCUT2D eigenvalue weighted by atomic mass is 35.5. The minimum atomic E-state index is -4.57. The van der Waals surface area contributed by atoms with Crippen LogP contribution in [0.2, 0.25) is 5.02 Å². The van der Waals surface area contributed by atoms with Crippen molar-refractivity contribution in [2.24, 2.45) is 0 Å². The van der Waals surface area contributed by atoms with Crippen molar-refractivity contribution >= 4 is 41.3 Å². The first kappa shape index (κ1) is 23.1. The van der Waals surface area contributed by atoms with Crippen molar-refractivity contribution in [2.75, 3.05) is 43.4 Å². The molecular formula is C19H20Cl2F3N3O2. The summed E-state index contributed by atoms with van der Waals surface area (Å²) >= 11 is 5.82. The first-order valence-electron chi connectivity index (χ1n) is 8.60. The second-order valence-corrected chi connectivity index (χ2v) is 7.07. The van der Waals surface area contributed by atoms with Crippen LogP contribution in [0, 0.1) is 0 Å². The monoisotopic (exact) mass is 449 g/mol. The molecule has 1 fully saturated rings. The standard InChI is InChI=1S/C19H19ClF3N3O2.ClH/c1-25-6-8-26(9-7-25)16-4-3-13(11-15(16)19(21,22)23)24-18(28)14-10-12(20)2-5-17(14)27;/h2-5,10-11,27H,6-9H2,1H3,(H,24,28);1H. The minimum Gasteiger partial charge on any atom is -0.507 e. The molecule has 2 N–H and O–H groups in total. The van der Waals surface area contributed by atoms with E-state index in [2.05, 4.69) is 10.2 Å². The zero-order valence-corrected chi connectivity index (χ0v) is 17.0. The summed E-state index contributed by atoms with van der Waals surface area (Å²) in [6, 6.07) is 7.59. The van der Waals surface area contributed by atoms with Gasteiger partial charge in [0.1, 0.15) is 5.75 Å². The summed E-state index contributed by atoms with van der Waals surface area (Å²) in [6.07, 6.45) is -4.57. The summed E-state index contributed by atoms with van der Waals surface area (Å²) in [7, 11) is 1.92. The third kappa shape index (κ3) is 5.46. The van der Waals surface area contributed by atoms with Crippen LogP contribution in [0.5, 0.6) is 5.75 Å². The summed E-state index contributed by atoms with van der Waals surface area (Å²) in [5, 5.41) is 12.4. The van der Waals surface area contributed by atoms with E-state index in [4.69, 9.17) is 11.6 Å². The summed E-state index contributed by atoms with van der Waals surface area (Å²) in [6.45, 7) is 2.32. The number of halogens is 5. The predicted octanol–water partition coefficient (Wildman–Crippen LogP) is 4.49. The largest absolute Gasteiger partial charge is 0.507 e. The van der Waals surface area contributed by atoms with E-state index in [1.54, 1.807) is 4.90 Å². The zero-order valence-electron chi connectivity index (χ0n) is 15.5. The van der Waals surface area contributed by atoms with Crippen LogP contribution >= 0.6 is 24.0 Å². The number of alkyl halides is 3. The first-order chi connectivity index (χ1) is 13.1. The van der Waals surface area contributed by atoms with Crippen molar-refractivity contribution in [3.8, 4) is 5.75 Å². The Balaban J connectivity index is 0.00000300. The highest BCUT2D eigenvalue weighted by molar-refractivity contribution is 6.31. The SMILES string of the molecule is CN1CCN(c2ccc(NC(=O)c3cc(Cl)ccc3O)cc2C(F)(F)F)CC1.Cl. The second-order valence-electron chi connectivity index (χ2n) is 6.64. The molecule has 0 spiro atoms. The molecule has 0 radical (unpaired) electrons. The molecule has 1 aliphatic heterocycles. The number of benzene rings is 2. The molecule has 158 valence electrons. The summed E-state index contributed by atoms with van der Waals surface area (Å²) in [4.78, 5) is 16.1. The van der Waals surface area contributed by atoms with Gasteiger partial charge in [0.05, 0.1) is 11.1 Å². The molecule has 0 aliphatic carbocycles. The summed E-state index contributed by atoms with van der Waals surface area (Å²) < 4.78 is 40.9. The van der Waals surface area contributed by atoms with Crippen molar-refractivity contribution in [1.29, 1.82) is 0 Å². The third-order valence-corrected chi connectivity index (χ3v) is 4.84. The highest BCUT2D eigenvalue weighted by Crippen LogP contribution is 2.38. The Kier molecular flexibility index (Phi) is 7.26. The van der Waals surface area contributed by atoms with Crippen molar-refractivity contribution in [2.45, 2.75) is 6.18 Å². The molecule has 1 aliphatic rings. The Hall–Kier alpha value is -2.16. The average molecular weight is 450 g/mol. The van der Waals surface area contributed by atoms with Gasteiger partial charge in [-0.15, -0.1) is 12.4 Å². The van der Waals surface area contributed by atoms with Gasteiger partial charge in [-0.3, -0.25) is 4.79 Å². The Bertz CT molecular complexity index is 885. The van der Waals surface area contributed by atoms with Crippen molar-refractivity contribution in [3.63, 3.8) is 0 Å². The van der Waals surface area contributed by atoms with Crippen molar-refractivity contribution in [3.05, 3.63) is 52.5 Å². The second kappa shape index (κ2) is 9.11. The van der Waals surface area contributed by atoms with Crippen molar-refractivity contribution < 1.29 is 23.1 Å². The Morgan fingerprint density at radius 3 is 2.38 bits per heavy atom. The molecule has 29 heavy (non-hydrogen) atoms. The topological polar surface area (TPSA) is 55.8 Å². The van der Waals surface area contributed by atoms with Crippen LogP contribution in [-0.2, 0) is 6.18 Å². The highest BCUT2D eigenvalue weighted by Gasteiger charge is 2.36. The van der Waals surface area contributed by atoms with E-state index in [-0.39, 0.29) is 40.1 Å². The Morgan fingerprint density at radius 1 is 1.10 bits per heavy atom. The third-order valence-electron chi connectivity index (χ3n) is 4.61. The van der Waals surface area contributed by atoms with Crippen LogP contribution in [0.15, 0.2) is 36.4 Å². The lowest BCUT2D eigenvalue weighted by molar-refractivity contribution is -0.137. The van der Waals surface area contributed by atoms with Crippen LogP contribution in [0.4, 0.5) is 24.5 Å². The minimum absolute atomic E-state index is 0. The number of hydrogen-bond acceptors (Lipinski definition) is 4. The van der Waals surface area contributed by atoms with Gasteiger partial charge < -0.3 is 20.2 Å². The van der Waals surface area contributed by atoms with E-state index in [9.17, 15) is 23.1 Å². The number of nitrogens with zero attached hydrogens (tertiary/aromatic N) is 2. The van der Waals surface area contributed by atoms with Gasteiger partial charge in [-0.25, -0.2) is 0 Å². The Labute approximate surface area is 177 Å². The molecule has 0 atom stereocenters. The Morgan fingerprint density at radius 2 is 1.76 bits per heavy atom. The molecule has 1 saturated heterocycles. The quantitative estimate of drug-likeness (QED) is 0.724. The van der Waals surface area contributed by atoms with Crippen LogP contribution in [0.1, 0.15) is 15.9 Å². The zero-order chi connectivity index (χ0) is 20.5. The van der Waals surface area contributed by atoms with Crippen LogP contribution in [-0.4, -0.2) is 49.1 Å². The van der Waals surface area contributed by atoms with Gasteiger partial charge in [0.25, 0.3) is 5.91 Å². The number of hydrogen-bond donors (Lipinski definition) is 2. The van der Waals surface area contributed by atoms with Crippen LogP contribution < -0.4 is 10.2 Å². The maximum atomic E-state index is 13.6. The average Bonchev–Trinajstić information content (AvgIpc) is 2.63. The number of carbonyl (C=O) groups excluding carboxylic acids is 1. The van der Waals surface area contributed by atoms with E-state index in [0.29, 0.717) is 26.2 Å². The summed E-state index contributed by atoms with van der Waals surface area (Å²) in [5.41, 5.74) is -0.867. The lowest BCUT2D eigenvalue weighted by Crippen LogP contribution is -2.45. The van der Waals surface area contributed by atoms with Crippen LogP contribution in [0.25, 0.3) is 0 Å². The fourth-order valence-corrected chi connectivity index (χ4v) is 3.22. The number of phenols is 1. The number of amides is 1. The molecule has 0 aromatic heterocycles. The normalized spacial score (nSPS) is 15.0. The molecule has 0 saturated carbocycles. The number of rotatable bonds is 3. The number of nitrogens with one attached hydrogen (secondary N) is 1. The van der Waals surface area contributed by atoms with Gasteiger partial charge in [0.15, 0.2) is 0 Å². The van der Waals surface area contributed by atoms with Crippen molar-refractivity contribution in [1.82, 2.24) is 4.90 Å². The van der Waals surface area contributed by atoms with E-state index in [1.807, 2.05) is 7.05 Å². The lowest BCUT2D eigenvalue weighted by atomic mass is 10.1.